The van der Waals surface area contributed by atoms with Crippen molar-refractivity contribution in [2.75, 3.05) is 13.2 Å². The Balaban J connectivity index is 4.29. The number of ether oxygens (including phenoxy) is 3. The molecule has 0 N–H and O–H groups in total. The Morgan fingerprint density at radius 1 is 0.297 bits per heavy atom. The average Bonchev–Trinajstić information content (AvgIpc) is 3.27. The van der Waals surface area contributed by atoms with Crippen molar-refractivity contribution in [3.8, 4) is 0 Å². The molecule has 0 radical (unpaired) electrons. The van der Waals surface area contributed by atoms with Crippen LogP contribution in [0, 0.1) is 11.8 Å². The van der Waals surface area contributed by atoms with Crippen LogP contribution in [0.1, 0.15) is 324 Å². The Morgan fingerprint density at radius 3 is 0.766 bits per heavy atom. The van der Waals surface area contributed by atoms with Crippen molar-refractivity contribution in [3.05, 3.63) is 0 Å². The summed E-state index contributed by atoms with van der Waals surface area (Å²) in [6, 6.07) is 0. The van der Waals surface area contributed by atoms with Crippen molar-refractivity contribution in [2.24, 2.45) is 11.8 Å². The first-order valence-electron chi connectivity index (χ1n) is 28.7. The molecule has 0 saturated heterocycles. The van der Waals surface area contributed by atoms with Gasteiger partial charge in [-0.2, -0.15) is 0 Å². The van der Waals surface area contributed by atoms with Gasteiger partial charge in [-0.1, -0.05) is 285 Å². The highest BCUT2D eigenvalue weighted by Crippen LogP contribution is 2.18. The number of rotatable bonds is 52. The molecule has 6 heteroatoms. The summed E-state index contributed by atoms with van der Waals surface area (Å²) in [6.07, 6.45) is 53.8. The van der Waals surface area contributed by atoms with Crippen molar-refractivity contribution in [1.82, 2.24) is 0 Å². The number of hydrogen-bond acceptors (Lipinski definition) is 6. The van der Waals surface area contributed by atoms with Crippen LogP contribution in [0.5, 0.6) is 0 Å². The van der Waals surface area contributed by atoms with E-state index in [1.165, 1.54) is 212 Å². The monoisotopic (exact) mass is 905 g/mol. The second-order valence-electron chi connectivity index (χ2n) is 20.9. The number of carbonyl (C=O) groups excluding carboxylic acids is 3. The van der Waals surface area contributed by atoms with Gasteiger partial charge in [0.25, 0.3) is 0 Å². The van der Waals surface area contributed by atoms with Crippen molar-refractivity contribution in [3.63, 3.8) is 0 Å². The third kappa shape index (κ3) is 51.4. The van der Waals surface area contributed by atoms with Crippen LogP contribution in [-0.4, -0.2) is 37.2 Å². The lowest BCUT2D eigenvalue weighted by Gasteiger charge is -2.18. The Labute approximate surface area is 399 Å². The summed E-state index contributed by atoms with van der Waals surface area (Å²) < 4.78 is 16.9. The molecule has 0 aliphatic rings. The molecule has 0 heterocycles. The van der Waals surface area contributed by atoms with E-state index in [2.05, 4.69) is 34.6 Å². The van der Waals surface area contributed by atoms with Crippen molar-refractivity contribution < 1.29 is 28.6 Å². The number of unbranched alkanes of at least 4 members (excludes halogenated alkanes) is 37. The van der Waals surface area contributed by atoms with E-state index < -0.39 is 6.10 Å². The van der Waals surface area contributed by atoms with Crippen LogP contribution in [0.15, 0.2) is 0 Å². The molecular formula is C58H112O6. The van der Waals surface area contributed by atoms with E-state index in [0.29, 0.717) is 19.3 Å². The Morgan fingerprint density at radius 2 is 0.516 bits per heavy atom. The molecule has 0 aromatic heterocycles. The van der Waals surface area contributed by atoms with E-state index in [4.69, 9.17) is 14.2 Å². The van der Waals surface area contributed by atoms with Crippen LogP contribution in [-0.2, 0) is 28.6 Å². The van der Waals surface area contributed by atoms with Crippen molar-refractivity contribution in [1.29, 1.82) is 0 Å². The van der Waals surface area contributed by atoms with Crippen molar-refractivity contribution >= 4 is 17.9 Å². The maximum atomic E-state index is 12.8. The molecule has 0 amide bonds. The van der Waals surface area contributed by atoms with Gasteiger partial charge in [0.05, 0.1) is 0 Å². The average molecular weight is 906 g/mol. The third-order valence-corrected chi connectivity index (χ3v) is 13.2. The second kappa shape index (κ2) is 50.8. The van der Waals surface area contributed by atoms with Gasteiger partial charge in [0.1, 0.15) is 13.2 Å². The number of esters is 3. The van der Waals surface area contributed by atoms with E-state index in [-0.39, 0.29) is 31.1 Å². The second-order valence-corrected chi connectivity index (χ2v) is 20.9. The maximum absolute atomic E-state index is 12.8. The third-order valence-electron chi connectivity index (χ3n) is 13.2. The van der Waals surface area contributed by atoms with E-state index in [1.807, 2.05) is 0 Å². The molecule has 0 aliphatic carbocycles. The first-order valence-corrected chi connectivity index (χ1v) is 28.7. The van der Waals surface area contributed by atoms with Gasteiger partial charge in [-0.3, -0.25) is 14.4 Å². The zero-order valence-electron chi connectivity index (χ0n) is 43.9. The topological polar surface area (TPSA) is 78.9 Å². The van der Waals surface area contributed by atoms with Gasteiger partial charge in [-0.15, -0.1) is 0 Å². The predicted octanol–water partition coefficient (Wildman–Crippen LogP) is 18.9. The van der Waals surface area contributed by atoms with Crippen LogP contribution in [0.25, 0.3) is 0 Å². The SMILES string of the molecule is CCCCCCCCCCCCCCCCCCC(=O)O[C@H](COC(=O)CCCCCCCCCCCCCCCCC(C)C)COC(=O)CCCCCCCCCCCCC(C)C. The number of carbonyl (C=O) groups is 3. The summed E-state index contributed by atoms with van der Waals surface area (Å²) in [6.45, 7) is 11.4. The fraction of sp³-hybridized carbons (Fsp3) is 0.948. The van der Waals surface area contributed by atoms with E-state index in [1.54, 1.807) is 0 Å². The lowest BCUT2D eigenvalue weighted by atomic mass is 10.0. The fourth-order valence-corrected chi connectivity index (χ4v) is 8.87. The van der Waals surface area contributed by atoms with Crippen molar-refractivity contribution in [2.45, 2.75) is 330 Å². The molecule has 380 valence electrons. The molecule has 0 aromatic rings. The van der Waals surface area contributed by atoms with Gasteiger partial charge < -0.3 is 14.2 Å². The summed E-state index contributed by atoms with van der Waals surface area (Å²) >= 11 is 0. The van der Waals surface area contributed by atoms with Crippen LogP contribution in [0.4, 0.5) is 0 Å². The molecule has 0 aliphatic heterocycles. The molecule has 0 aromatic carbocycles. The largest absolute Gasteiger partial charge is 0.462 e. The molecule has 0 saturated carbocycles. The summed E-state index contributed by atoms with van der Waals surface area (Å²) in [7, 11) is 0. The molecule has 0 spiro atoms. The van der Waals surface area contributed by atoms with Gasteiger partial charge in [-0.25, -0.2) is 0 Å². The highest BCUT2D eigenvalue weighted by molar-refractivity contribution is 5.71. The number of hydrogen-bond donors (Lipinski definition) is 0. The molecule has 0 rings (SSSR count). The zero-order valence-corrected chi connectivity index (χ0v) is 43.9. The van der Waals surface area contributed by atoms with E-state index in [0.717, 1.165) is 69.6 Å². The van der Waals surface area contributed by atoms with Crippen LogP contribution < -0.4 is 0 Å². The maximum Gasteiger partial charge on any atom is 0.306 e. The standard InChI is InChI=1S/C58H112O6/c1-6-7-8-9-10-11-12-13-14-15-20-23-30-35-40-45-50-58(61)64-55(52-63-57(60)49-44-39-34-29-25-24-27-32-37-42-47-54(4)5)51-62-56(59)48-43-38-33-28-22-19-17-16-18-21-26-31-36-41-46-53(2)3/h53-55H,6-52H2,1-5H3/t55-/m1/s1. The molecule has 64 heavy (non-hydrogen) atoms. The summed E-state index contributed by atoms with van der Waals surface area (Å²) in [4.78, 5) is 38.1. The smallest absolute Gasteiger partial charge is 0.306 e. The molecular weight excluding hydrogens is 793 g/mol. The molecule has 0 fully saturated rings. The minimum Gasteiger partial charge on any atom is -0.462 e. The Kier molecular flexibility index (Phi) is 49.6. The molecule has 1 atom stereocenters. The lowest BCUT2D eigenvalue weighted by Crippen LogP contribution is -2.30. The summed E-state index contributed by atoms with van der Waals surface area (Å²) in [5, 5.41) is 0. The van der Waals surface area contributed by atoms with E-state index >= 15 is 0 Å². The van der Waals surface area contributed by atoms with Gasteiger partial charge in [0.2, 0.25) is 0 Å². The lowest BCUT2D eigenvalue weighted by molar-refractivity contribution is -0.167. The molecule has 0 unspecified atom stereocenters. The quantitative estimate of drug-likeness (QED) is 0.0344. The van der Waals surface area contributed by atoms with E-state index in [9.17, 15) is 14.4 Å². The zero-order chi connectivity index (χ0) is 46.8. The van der Waals surface area contributed by atoms with Crippen LogP contribution in [0.2, 0.25) is 0 Å². The van der Waals surface area contributed by atoms with Crippen LogP contribution >= 0.6 is 0 Å². The first-order chi connectivity index (χ1) is 31.2. The Hall–Kier alpha value is -1.59. The first kappa shape index (κ1) is 62.4. The summed E-state index contributed by atoms with van der Waals surface area (Å²) in [5.41, 5.74) is 0. The predicted molar refractivity (Wildman–Crippen MR) is 275 cm³/mol. The minimum atomic E-state index is -0.762. The normalized spacial score (nSPS) is 12.0. The van der Waals surface area contributed by atoms with Crippen LogP contribution in [0.3, 0.4) is 0 Å². The molecule has 6 nitrogen and oxygen atoms in total. The highest BCUT2D eigenvalue weighted by Gasteiger charge is 2.19. The Bertz CT molecular complexity index is 978. The van der Waals surface area contributed by atoms with Gasteiger partial charge in [0, 0.05) is 19.3 Å². The highest BCUT2D eigenvalue weighted by atomic mass is 16.6. The van der Waals surface area contributed by atoms with Gasteiger partial charge >= 0.3 is 17.9 Å². The van der Waals surface area contributed by atoms with Gasteiger partial charge in [0.15, 0.2) is 6.10 Å². The fourth-order valence-electron chi connectivity index (χ4n) is 8.87. The summed E-state index contributed by atoms with van der Waals surface area (Å²) in [5.74, 6) is 0.823. The molecule has 0 bridgehead atoms. The van der Waals surface area contributed by atoms with Gasteiger partial charge in [-0.05, 0) is 31.1 Å². The minimum absolute atomic E-state index is 0.0628.